The summed E-state index contributed by atoms with van der Waals surface area (Å²) in [5.74, 6) is 0.966. The molecule has 4 aromatic rings. The molecule has 4 rings (SSSR count). The Morgan fingerprint density at radius 3 is 2.84 bits per heavy atom. The van der Waals surface area contributed by atoms with Crippen molar-refractivity contribution in [3.63, 3.8) is 0 Å². The van der Waals surface area contributed by atoms with E-state index in [0.29, 0.717) is 27.6 Å². The van der Waals surface area contributed by atoms with Gasteiger partial charge in [0.25, 0.3) is 5.56 Å². The number of rotatable bonds is 7. The summed E-state index contributed by atoms with van der Waals surface area (Å²) in [6.07, 6.45) is 0.925. The average Bonchev–Trinajstić information content (AvgIpc) is 3.23. The molecule has 0 amide bonds. The molecule has 0 aliphatic rings. The summed E-state index contributed by atoms with van der Waals surface area (Å²) in [5, 5.41) is 22.3. The van der Waals surface area contributed by atoms with Crippen molar-refractivity contribution < 1.29 is 0 Å². The number of benzene rings is 2. The summed E-state index contributed by atoms with van der Waals surface area (Å²) in [4.78, 5) is 17.4. The van der Waals surface area contributed by atoms with Crippen LogP contribution in [-0.2, 0) is 18.7 Å². The zero-order valence-corrected chi connectivity index (χ0v) is 18.8. The van der Waals surface area contributed by atoms with Gasteiger partial charge in [0.05, 0.1) is 22.7 Å². The molecule has 0 fully saturated rings. The summed E-state index contributed by atoms with van der Waals surface area (Å²) in [6.45, 7) is 4.15. The molecule has 2 aromatic heterocycles. The van der Waals surface area contributed by atoms with Crippen molar-refractivity contribution >= 4 is 44.8 Å². The lowest BCUT2D eigenvalue weighted by Gasteiger charge is -2.11. The Morgan fingerprint density at radius 2 is 2.03 bits per heavy atom. The van der Waals surface area contributed by atoms with Crippen molar-refractivity contribution in [2.75, 3.05) is 5.32 Å². The summed E-state index contributed by atoms with van der Waals surface area (Å²) in [7, 11) is 0. The normalized spacial score (nSPS) is 10.9. The zero-order valence-electron chi connectivity index (χ0n) is 17.1. The fourth-order valence-electron chi connectivity index (χ4n) is 3.31. The average molecular weight is 449 g/mol. The first-order valence-corrected chi connectivity index (χ1v) is 11.6. The Bertz CT molecular complexity index is 1340. The molecule has 7 nitrogen and oxygen atoms in total. The molecule has 0 aliphatic carbocycles. The Morgan fingerprint density at radius 1 is 1.19 bits per heavy atom. The van der Waals surface area contributed by atoms with Gasteiger partial charge in [-0.05, 0) is 36.6 Å². The molecule has 0 atom stereocenters. The minimum Gasteiger partial charge on any atom is -0.330 e. The van der Waals surface area contributed by atoms with Gasteiger partial charge in [0.15, 0.2) is 4.34 Å². The number of para-hydroxylation sites is 2. The molecule has 0 unspecified atom stereocenters. The van der Waals surface area contributed by atoms with Crippen LogP contribution in [0, 0.1) is 18.3 Å². The number of aryl methyl sites for hydroxylation is 2. The number of nitrogens with zero attached hydrogens (tertiary/aromatic N) is 5. The standard InChI is InChI=1S/C22H20N6OS2/c1-3-15-8-6-7-14(2)19(15)25-21-26-27-22(31-21)30-13-18-24-17-10-5-4-9-16(17)20(29)28(18)12-11-23/h4-10H,3,12-13H2,1-2H3,(H,25,26). The van der Waals surface area contributed by atoms with Crippen LogP contribution in [0.2, 0.25) is 0 Å². The highest BCUT2D eigenvalue weighted by Gasteiger charge is 2.14. The van der Waals surface area contributed by atoms with Crippen LogP contribution in [0.15, 0.2) is 51.6 Å². The third-order valence-corrected chi connectivity index (χ3v) is 6.84. The Balaban J connectivity index is 1.56. The Kier molecular flexibility index (Phi) is 6.30. The van der Waals surface area contributed by atoms with Crippen molar-refractivity contribution in [3.05, 3.63) is 69.8 Å². The molecular formula is C22H20N6OS2. The monoisotopic (exact) mass is 448 g/mol. The summed E-state index contributed by atoms with van der Waals surface area (Å²) in [6, 6.07) is 15.5. The molecule has 0 saturated heterocycles. The highest BCUT2D eigenvalue weighted by molar-refractivity contribution is 8.00. The number of nitriles is 1. The maximum atomic E-state index is 12.8. The largest absolute Gasteiger partial charge is 0.330 e. The van der Waals surface area contributed by atoms with Crippen LogP contribution in [0.4, 0.5) is 10.8 Å². The van der Waals surface area contributed by atoms with Crippen molar-refractivity contribution in [1.29, 1.82) is 5.26 Å². The number of anilines is 2. The van der Waals surface area contributed by atoms with E-state index in [-0.39, 0.29) is 12.1 Å². The second-order valence-corrected chi connectivity index (χ2v) is 9.04. The molecule has 2 heterocycles. The van der Waals surface area contributed by atoms with Gasteiger partial charge >= 0.3 is 0 Å². The minimum absolute atomic E-state index is 0.0391. The lowest BCUT2D eigenvalue weighted by molar-refractivity contribution is 0.730. The first kappa shape index (κ1) is 21.0. The number of hydrogen-bond acceptors (Lipinski definition) is 8. The molecule has 0 aliphatic heterocycles. The van der Waals surface area contributed by atoms with E-state index in [1.165, 1.54) is 33.2 Å². The van der Waals surface area contributed by atoms with Crippen LogP contribution in [0.3, 0.4) is 0 Å². The van der Waals surface area contributed by atoms with Crippen molar-refractivity contribution in [1.82, 2.24) is 19.7 Å². The van der Waals surface area contributed by atoms with Crippen LogP contribution in [0.5, 0.6) is 0 Å². The molecule has 156 valence electrons. The van der Waals surface area contributed by atoms with Gasteiger partial charge in [-0.3, -0.25) is 9.36 Å². The summed E-state index contributed by atoms with van der Waals surface area (Å²) >= 11 is 2.90. The van der Waals surface area contributed by atoms with Gasteiger partial charge < -0.3 is 5.32 Å². The second kappa shape index (κ2) is 9.29. The molecule has 31 heavy (non-hydrogen) atoms. The van der Waals surface area contributed by atoms with Crippen molar-refractivity contribution in [2.24, 2.45) is 0 Å². The molecule has 0 bridgehead atoms. The predicted octanol–water partition coefficient (Wildman–Crippen LogP) is 4.68. The van der Waals surface area contributed by atoms with Gasteiger partial charge in [-0.2, -0.15) is 5.26 Å². The van der Waals surface area contributed by atoms with Gasteiger partial charge in [-0.15, -0.1) is 10.2 Å². The minimum atomic E-state index is -0.200. The van der Waals surface area contributed by atoms with E-state index in [4.69, 9.17) is 5.26 Å². The summed E-state index contributed by atoms with van der Waals surface area (Å²) in [5.41, 5.74) is 3.88. The van der Waals surface area contributed by atoms with Gasteiger partial charge in [-0.1, -0.05) is 60.4 Å². The van der Waals surface area contributed by atoms with E-state index in [1.807, 2.05) is 12.1 Å². The Labute approximate surface area is 187 Å². The van der Waals surface area contributed by atoms with Crippen LogP contribution in [-0.4, -0.2) is 19.7 Å². The fourth-order valence-corrected chi connectivity index (χ4v) is 5.01. The topological polar surface area (TPSA) is 96.5 Å². The van der Waals surface area contributed by atoms with Gasteiger partial charge in [0.2, 0.25) is 5.13 Å². The molecule has 0 spiro atoms. The Hall–Kier alpha value is -3.22. The van der Waals surface area contributed by atoms with Crippen LogP contribution in [0.25, 0.3) is 10.9 Å². The molecule has 1 N–H and O–H groups in total. The predicted molar refractivity (Wildman–Crippen MR) is 125 cm³/mol. The molecule has 2 aromatic carbocycles. The SMILES string of the molecule is CCc1cccc(C)c1Nc1nnc(SCc2nc3ccccc3c(=O)n2CC#N)s1. The smallest absolute Gasteiger partial charge is 0.262 e. The van der Waals surface area contributed by atoms with Crippen LogP contribution >= 0.6 is 23.1 Å². The van der Waals surface area contributed by atoms with Gasteiger partial charge in [0, 0.05) is 5.69 Å². The van der Waals surface area contributed by atoms with E-state index >= 15 is 0 Å². The highest BCUT2D eigenvalue weighted by atomic mass is 32.2. The fraction of sp³-hybridized carbons (Fsp3) is 0.227. The lowest BCUT2D eigenvalue weighted by Crippen LogP contribution is -2.24. The third kappa shape index (κ3) is 4.45. The first-order valence-electron chi connectivity index (χ1n) is 9.78. The maximum absolute atomic E-state index is 12.8. The van der Waals surface area contributed by atoms with Gasteiger partial charge in [-0.25, -0.2) is 4.98 Å². The van der Waals surface area contributed by atoms with E-state index in [9.17, 15) is 4.79 Å². The molecule has 9 heteroatoms. The maximum Gasteiger partial charge on any atom is 0.262 e. The van der Waals surface area contributed by atoms with E-state index in [0.717, 1.165) is 22.0 Å². The van der Waals surface area contributed by atoms with E-state index in [1.54, 1.807) is 12.1 Å². The molecule has 0 radical (unpaired) electrons. The number of hydrogen-bond donors (Lipinski definition) is 1. The zero-order chi connectivity index (χ0) is 21.8. The number of thioether (sulfide) groups is 1. The summed E-state index contributed by atoms with van der Waals surface area (Å²) < 4.78 is 2.19. The first-order chi connectivity index (χ1) is 15.1. The molecular weight excluding hydrogens is 428 g/mol. The van der Waals surface area contributed by atoms with Gasteiger partial charge in [0.1, 0.15) is 12.4 Å². The van der Waals surface area contributed by atoms with Crippen LogP contribution in [0.1, 0.15) is 23.9 Å². The lowest BCUT2D eigenvalue weighted by atomic mass is 10.1. The van der Waals surface area contributed by atoms with Crippen LogP contribution < -0.4 is 10.9 Å². The van der Waals surface area contributed by atoms with Crippen molar-refractivity contribution in [2.45, 2.75) is 36.9 Å². The second-order valence-electron chi connectivity index (χ2n) is 6.84. The molecule has 0 saturated carbocycles. The van der Waals surface area contributed by atoms with Crippen molar-refractivity contribution in [3.8, 4) is 6.07 Å². The van der Waals surface area contributed by atoms with E-state index < -0.39 is 0 Å². The van der Waals surface area contributed by atoms with E-state index in [2.05, 4.69) is 58.6 Å². The number of nitrogens with one attached hydrogen (secondary N) is 1. The highest BCUT2D eigenvalue weighted by Crippen LogP contribution is 2.32. The number of fused-ring (bicyclic) bond motifs is 1. The number of aromatic nitrogens is 4. The quantitative estimate of drug-likeness (QED) is 0.410. The third-order valence-electron chi connectivity index (χ3n) is 4.87.